The third-order valence-electron chi connectivity index (χ3n) is 2.15. The Bertz CT molecular complexity index is 348. The fraction of sp³-hybridized carbons (Fsp3) is 0.875. The molecule has 94 valence electrons. The zero-order valence-electron chi connectivity index (χ0n) is 9.34. The highest BCUT2D eigenvalue weighted by Gasteiger charge is 2.36. The molecule has 1 heterocycles. The normalized spacial score (nSPS) is 18.2. The van der Waals surface area contributed by atoms with Gasteiger partial charge in [-0.05, 0) is 26.3 Å². The molecule has 1 saturated heterocycles. The molecule has 16 heavy (non-hydrogen) atoms. The molecule has 0 spiro atoms. The van der Waals surface area contributed by atoms with Crippen LogP contribution in [0.1, 0.15) is 13.8 Å². The number of carbonyl (C=O) groups excluding carboxylic acids is 1. The Balaban J connectivity index is 2.44. The predicted molar refractivity (Wildman–Crippen MR) is 57.8 cm³/mol. The summed E-state index contributed by atoms with van der Waals surface area (Å²) >= 11 is 0. The molecule has 7 nitrogen and oxygen atoms in total. The van der Waals surface area contributed by atoms with Crippen LogP contribution in [0, 0.1) is 5.92 Å². The number of hydrogen-bond acceptors (Lipinski definition) is 5. The Morgan fingerprint density at radius 3 is 2.56 bits per heavy atom. The van der Waals surface area contributed by atoms with E-state index in [2.05, 4.69) is 4.74 Å². The highest BCUT2D eigenvalue weighted by molar-refractivity contribution is 7.87. The van der Waals surface area contributed by atoms with Crippen LogP contribution in [0.2, 0.25) is 0 Å². The second-order valence-electron chi connectivity index (χ2n) is 3.98. The second kappa shape index (κ2) is 4.98. The van der Waals surface area contributed by atoms with E-state index in [1.807, 2.05) is 4.72 Å². The number of rotatable bonds is 4. The highest BCUT2D eigenvalue weighted by Crippen LogP contribution is 2.17. The van der Waals surface area contributed by atoms with Crippen LogP contribution in [-0.4, -0.2) is 44.6 Å². The van der Waals surface area contributed by atoms with Gasteiger partial charge in [-0.1, -0.05) is 0 Å². The fourth-order valence-corrected chi connectivity index (χ4v) is 2.48. The predicted octanol–water partition coefficient (Wildman–Crippen LogP) is -0.744. The smallest absolute Gasteiger partial charge is 0.422 e. The summed E-state index contributed by atoms with van der Waals surface area (Å²) < 4.78 is 30.7. The van der Waals surface area contributed by atoms with Crippen molar-refractivity contribution in [2.75, 3.05) is 19.6 Å². The van der Waals surface area contributed by atoms with Crippen LogP contribution < -0.4 is 10.5 Å². The Labute approximate surface area is 95.1 Å². The zero-order chi connectivity index (χ0) is 12.3. The van der Waals surface area contributed by atoms with Gasteiger partial charge in [0.15, 0.2) is 0 Å². The van der Waals surface area contributed by atoms with Crippen molar-refractivity contribution in [2.24, 2.45) is 11.7 Å². The molecule has 0 aliphatic carbocycles. The van der Waals surface area contributed by atoms with Crippen molar-refractivity contribution in [3.8, 4) is 0 Å². The van der Waals surface area contributed by atoms with Crippen LogP contribution in [0.15, 0.2) is 0 Å². The van der Waals surface area contributed by atoms with Crippen molar-refractivity contribution >= 4 is 16.3 Å². The summed E-state index contributed by atoms with van der Waals surface area (Å²) in [5.74, 6) is 0.178. The minimum absolute atomic E-state index is 0.178. The third kappa shape index (κ3) is 3.32. The minimum Gasteiger partial charge on any atom is -0.446 e. The van der Waals surface area contributed by atoms with E-state index in [0.717, 1.165) is 4.31 Å². The Morgan fingerprint density at radius 2 is 2.12 bits per heavy atom. The van der Waals surface area contributed by atoms with Gasteiger partial charge < -0.3 is 10.5 Å². The summed E-state index contributed by atoms with van der Waals surface area (Å²) in [6, 6.07) is 0. The van der Waals surface area contributed by atoms with Gasteiger partial charge in [0.1, 0.15) is 0 Å². The van der Waals surface area contributed by atoms with Crippen molar-refractivity contribution in [1.29, 1.82) is 0 Å². The molecular formula is C8H17N3O4S. The first kappa shape index (κ1) is 13.2. The molecule has 1 aliphatic rings. The number of nitrogens with one attached hydrogen (secondary N) is 1. The summed E-state index contributed by atoms with van der Waals surface area (Å²) in [6.07, 6.45) is -1.31. The van der Waals surface area contributed by atoms with Gasteiger partial charge in [-0.15, -0.1) is 0 Å². The molecule has 0 saturated carbocycles. The molecule has 1 aliphatic heterocycles. The summed E-state index contributed by atoms with van der Waals surface area (Å²) in [7, 11) is -3.76. The topological polar surface area (TPSA) is 102 Å². The SMILES string of the molecule is CC(C)OC(=O)NS(=O)(=O)N1CC(CN)C1. The van der Waals surface area contributed by atoms with E-state index in [0.29, 0.717) is 19.6 Å². The molecule has 3 N–H and O–H groups in total. The van der Waals surface area contributed by atoms with E-state index in [1.165, 1.54) is 0 Å². The number of nitrogens with two attached hydrogens (primary N) is 1. The van der Waals surface area contributed by atoms with Gasteiger partial charge in [0, 0.05) is 13.1 Å². The van der Waals surface area contributed by atoms with Crippen LogP contribution in [0.4, 0.5) is 4.79 Å². The third-order valence-corrected chi connectivity index (χ3v) is 3.55. The molecule has 1 amide bonds. The molecule has 0 aromatic carbocycles. The van der Waals surface area contributed by atoms with Crippen LogP contribution in [-0.2, 0) is 14.9 Å². The van der Waals surface area contributed by atoms with Gasteiger partial charge in [-0.3, -0.25) is 0 Å². The molecular weight excluding hydrogens is 234 g/mol. The van der Waals surface area contributed by atoms with E-state index in [9.17, 15) is 13.2 Å². The largest absolute Gasteiger partial charge is 0.446 e. The lowest BCUT2D eigenvalue weighted by atomic mass is 10.0. The summed E-state index contributed by atoms with van der Waals surface area (Å²) in [4.78, 5) is 11.1. The molecule has 1 rings (SSSR count). The quantitative estimate of drug-likeness (QED) is 0.685. The number of nitrogens with zero attached hydrogens (tertiary/aromatic N) is 1. The van der Waals surface area contributed by atoms with E-state index >= 15 is 0 Å². The van der Waals surface area contributed by atoms with Gasteiger partial charge in [-0.2, -0.15) is 12.7 Å². The molecule has 0 bridgehead atoms. The first-order valence-electron chi connectivity index (χ1n) is 5.03. The number of hydrogen-bond donors (Lipinski definition) is 2. The first-order valence-corrected chi connectivity index (χ1v) is 6.47. The van der Waals surface area contributed by atoms with E-state index in [-0.39, 0.29) is 12.0 Å². The lowest BCUT2D eigenvalue weighted by Crippen LogP contribution is -2.56. The maximum Gasteiger partial charge on any atom is 0.422 e. The average Bonchev–Trinajstić information content (AvgIpc) is 1.97. The number of amides is 1. The van der Waals surface area contributed by atoms with Crippen LogP contribution in [0.5, 0.6) is 0 Å². The van der Waals surface area contributed by atoms with Gasteiger partial charge in [0.25, 0.3) is 0 Å². The van der Waals surface area contributed by atoms with Crippen molar-refractivity contribution < 1.29 is 17.9 Å². The van der Waals surface area contributed by atoms with Crippen LogP contribution in [0.3, 0.4) is 0 Å². The number of ether oxygens (including phenoxy) is 1. The first-order chi connectivity index (χ1) is 7.35. The minimum atomic E-state index is -3.76. The molecule has 0 radical (unpaired) electrons. The van der Waals surface area contributed by atoms with Crippen molar-refractivity contribution in [3.05, 3.63) is 0 Å². The van der Waals surface area contributed by atoms with Crippen molar-refractivity contribution in [3.63, 3.8) is 0 Å². The Kier molecular flexibility index (Phi) is 4.11. The lowest BCUT2D eigenvalue weighted by Gasteiger charge is -2.36. The van der Waals surface area contributed by atoms with E-state index < -0.39 is 16.3 Å². The molecule has 1 fully saturated rings. The Hall–Kier alpha value is -0.860. The maximum absolute atomic E-state index is 11.5. The summed E-state index contributed by atoms with van der Waals surface area (Å²) in [5, 5.41) is 0. The maximum atomic E-state index is 11.5. The fourth-order valence-electron chi connectivity index (χ4n) is 1.28. The average molecular weight is 251 g/mol. The molecule has 8 heteroatoms. The zero-order valence-corrected chi connectivity index (χ0v) is 10.2. The lowest BCUT2D eigenvalue weighted by molar-refractivity contribution is 0.119. The summed E-state index contributed by atoms with van der Waals surface area (Å²) in [5.41, 5.74) is 5.37. The Morgan fingerprint density at radius 1 is 1.56 bits per heavy atom. The molecule has 0 aromatic heterocycles. The second-order valence-corrected chi connectivity index (χ2v) is 5.65. The van der Waals surface area contributed by atoms with Gasteiger partial charge in [0.2, 0.25) is 0 Å². The van der Waals surface area contributed by atoms with Crippen molar-refractivity contribution in [2.45, 2.75) is 20.0 Å². The van der Waals surface area contributed by atoms with Gasteiger partial charge in [0.05, 0.1) is 6.10 Å². The molecule has 0 atom stereocenters. The molecule has 0 aromatic rings. The monoisotopic (exact) mass is 251 g/mol. The number of carbonyl (C=O) groups is 1. The van der Waals surface area contributed by atoms with Gasteiger partial charge in [-0.25, -0.2) is 9.52 Å². The molecule has 0 unspecified atom stereocenters. The van der Waals surface area contributed by atoms with Crippen molar-refractivity contribution in [1.82, 2.24) is 9.03 Å². The van der Waals surface area contributed by atoms with E-state index in [4.69, 9.17) is 5.73 Å². The highest BCUT2D eigenvalue weighted by atomic mass is 32.2. The standard InChI is InChI=1S/C8H17N3O4S/c1-6(2)15-8(12)10-16(13,14)11-4-7(3-9)5-11/h6-7H,3-5,9H2,1-2H3,(H,10,12). The van der Waals surface area contributed by atoms with Crippen LogP contribution in [0.25, 0.3) is 0 Å². The van der Waals surface area contributed by atoms with E-state index in [1.54, 1.807) is 13.8 Å². The van der Waals surface area contributed by atoms with Gasteiger partial charge >= 0.3 is 16.3 Å². The van der Waals surface area contributed by atoms with Crippen LogP contribution >= 0.6 is 0 Å². The summed E-state index contributed by atoms with van der Waals surface area (Å²) in [6.45, 7) is 4.42.